The van der Waals surface area contributed by atoms with Gasteiger partial charge in [-0.3, -0.25) is 4.90 Å². The minimum atomic E-state index is -0.920. The molecule has 10 heteroatoms. The Morgan fingerprint density at radius 1 is 1.06 bits per heavy atom. The fourth-order valence-corrected chi connectivity index (χ4v) is 9.38. The second-order valence-corrected chi connectivity index (χ2v) is 14.3. The van der Waals surface area contributed by atoms with Crippen molar-refractivity contribution in [3.05, 3.63) is 53.3 Å². The predicted octanol–water partition coefficient (Wildman–Crippen LogP) is 7.37. The molecule has 3 aliphatic heterocycles. The average Bonchev–Trinajstić information content (AvgIpc) is 3.66. The topological polar surface area (TPSA) is 85.5 Å². The number of aromatic nitrogens is 2. The standard InChI is InChI=1S/C37H38F3N5O2/c1-3-25-29(38)8-7-21-11-24(46)12-26(31(21)25)32-30(39)13-27-34(33(32)40)42-36(47-19-37-9-4-10-45(37)16-20(2)14-37)43-35(27)44-17-22-5-6-23(18-44)28(22)15-41/h7-8,11-13,20,22-23,28,46H,3-6,9-10,14,16-19H2,1-2H3/t20-,22-,23+,28+,37+/m1/s1. The Hall–Kier alpha value is -4.10. The van der Waals surface area contributed by atoms with Gasteiger partial charge in [0.15, 0.2) is 5.82 Å². The van der Waals surface area contributed by atoms with Crippen LogP contribution in [0.2, 0.25) is 0 Å². The van der Waals surface area contributed by atoms with E-state index in [1.54, 1.807) is 6.92 Å². The van der Waals surface area contributed by atoms with Crippen molar-refractivity contribution in [2.75, 3.05) is 37.7 Å². The van der Waals surface area contributed by atoms with Crippen LogP contribution in [0, 0.1) is 52.5 Å². The van der Waals surface area contributed by atoms with Crippen LogP contribution in [0.5, 0.6) is 11.8 Å². The molecule has 4 heterocycles. The highest BCUT2D eigenvalue weighted by Crippen LogP contribution is 2.46. The highest BCUT2D eigenvalue weighted by Gasteiger charge is 2.48. The highest BCUT2D eigenvalue weighted by atomic mass is 19.1. The maximum Gasteiger partial charge on any atom is 0.319 e. The smallest absolute Gasteiger partial charge is 0.319 e. The number of aryl methyl sites for hydroxylation is 1. The molecule has 4 fully saturated rings. The van der Waals surface area contributed by atoms with Crippen molar-refractivity contribution in [2.24, 2.45) is 23.7 Å². The van der Waals surface area contributed by atoms with E-state index in [-0.39, 0.29) is 57.1 Å². The van der Waals surface area contributed by atoms with Crippen LogP contribution < -0.4 is 9.64 Å². The number of rotatable bonds is 6. The Bertz CT molecular complexity index is 1950. The summed E-state index contributed by atoms with van der Waals surface area (Å²) in [5.41, 5.74) is -0.226. The molecule has 1 aromatic heterocycles. The molecule has 2 bridgehead atoms. The van der Waals surface area contributed by atoms with E-state index in [4.69, 9.17) is 9.72 Å². The van der Waals surface area contributed by atoms with Gasteiger partial charge in [-0.15, -0.1) is 0 Å². The number of phenolic OH excluding ortho intramolecular Hbond substituents is 1. The lowest BCUT2D eigenvalue weighted by Gasteiger charge is -2.36. The van der Waals surface area contributed by atoms with Crippen LogP contribution in [0.25, 0.3) is 32.8 Å². The predicted molar refractivity (Wildman–Crippen MR) is 174 cm³/mol. The molecule has 5 atom stereocenters. The van der Waals surface area contributed by atoms with Gasteiger partial charge < -0.3 is 14.7 Å². The van der Waals surface area contributed by atoms with Crippen molar-refractivity contribution in [3.8, 4) is 29.0 Å². The second kappa shape index (κ2) is 11.3. The molecule has 4 aliphatic rings. The summed E-state index contributed by atoms with van der Waals surface area (Å²) in [5.74, 6) is -1.26. The fraction of sp³-hybridized carbons (Fsp3) is 0.486. The van der Waals surface area contributed by atoms with Crippen molar-refractivity contribution < 1.29 is 23.0 Å². The first-order chi connectivity index (χ1) is 22.7. The lowest BCUT2D eigenvalue weighted by molar-refractivity contribution is 0.107. The highest BCUT2D eigenvalue weighted by molar-refractivity contribution is 6.03. The van der Waals surface area contributed by atoms with Gasteiger partial charge in [0.25, 0.3) is 0 Å². The Morgan fingerprint density at radius 2 is 1.85 bits per heavy atom. The molecule has 1 aliphatic carbocycles. The SMILES string of the molecule is CCc1c(F)ccc2cc(O)cc(-c3c(F)cc4c(N5C[C@H]6CC[C@@H](C5)[C@H]6C#N)nc(OC[C@@]56CCCN5C[C@H](C)C6)nc4c3F)c12. The first-order valence-electron chi connectivity index (χ1n) is 16.9. The summed E-state index contributed by atoms with van der Waals surface area (Å²) >= 11 is 0. The van der Waals surface area contributed by atoms with Crippen molar-refractivity contribution in [3.63, 3.8) is 0 Å². The molecule has 8 rings (SSSR count). The van der Waals surface area contributed by atoms with Gasteiger partial charge in [-0.1, -0.05) is 19.9 Å². The van der Waals surface area contributed by atoms with Gasteiger partial charge in [0, 0.05) is 25.0 Å². The van der Waals surface area contributed by atoms with Gasteiger partial charge in [-0.25, -0.2) is 13.2 Å². The summed E-state index contributed by atoms with van der Waals surface area (Å²) in [4.78, 5) is 13.9. The number of nitrogens with zero attached hydrogens (tertiary/aromatic N) is 5. The van der Waals surface area contributed by atoms with Crippen molar-refractivity contribution >= 4 is 27.5 Å². The maximum absolute atomic E-state index is 17.0. The summed E-state index contributed by atoms with van der Waals surface area (Å²) < 4.78 is 54.7. The molecule has 0 radical (unpaired) electrons. The molecule has 1 N–H and O–H groups in total. The lowest BCUT2D eigenvalue weighted by atomic mass is 9.86. The first-order valence-corrected chi connectivity index (χ1v) is 16.9. The fourth-order valence-electron chi connectivity index (χ4n) is 9.38. The number of piperidine rings is 1. The zero-order valence-electron chi connectivity index (χ0n) is 26.7. The third kappa shape index (κ3) is 4.80. The van der Waals surface area contributed by atoms with Crippen LogP contribution in [-0.4, -0.2) is 58.3 Å². The summed E-state index contributed by atoms with van der Waals surface area (Å²) in [7, 11) is 0. The number of aromatic hydroxyl groups is 1. The normalized spacial score (nSPS) is 27.1. The van der Waals surface area contributed by atoms with E-state index in [1.807, 2.05) is 4.90 Å². The van der Waals surface area contributed by atoms with Crippen LogP contribution in [0.1, 0.15) is 51.5 Å². The summed E-state index contributed by atoms with van der Waals surface area (Å²) in [6, 6.07) is 9.33. The number of hydrogen-bond donors (Lipinski definition) is 1. The first kappa shape index (κ1) is 30.2. The zero-order valence-corrected chi connectivity index (χ0v) is 26.7. The molecule has 0 amide bonds. The van der Waals surface area contributed by atoms with Crippen LogP contribution in [0.3, 0.4) is 0 Å². The van der Waals surface area contributed by atoms with E-state index < -0.39 is 17.5 Å². The lowest BCUT2D eigenvalue weighted by Crippen LogP contribution is -2.44. The summed E-state index contributed by atoms with van der Waals surface area (Å²) in [6.07, 6.45) is 5.25. The summed E-state index contributed by atoms with van der Waals surface area (Å²) in [5, 5.41) is 21.5. The van der Waals surface area contributed by atoms with Gasteiger partial charge in [-0.05, 0) is 109 Å². The minimum Gasteiger partial charge on any atom is -0.508 e. The Kier molecular flexibility index (Phi) is 7.25. The molecule has 3 saturated heterocycles. The third-order valence-corrected chi connectivity index (χ3v) is 11.4. The van der Waals surface area contributed by atoms with E-state index in [9.17, 15) is 10.4 Å². The number of phenols is 1. The van der Waals surface area contributed by atoms with E-state index >= 15 is 13.2 Å². The third-order valence-electron chi connectivity index (χ3n) is 11.4. The van der Waals surface area contributed by atoms with Gasteiger partial charge in [0.1, 0.15) is 35.3 Å². The number of fused-ring (bicyclic) bond motifs is 5. The molecule has 0 unspecified atom stereocenters. The van der Waals surface area contributed by atoms with Gasteiger partial charge in [0.05, 0.1) is 23.1 Å². The molecule has 7 nitrogen and oxygen atoms in total. The molecule has 1 saturated carbocycles. The van der Waals surface area contributed by atoms with Crippen molar-refractivity contribution in [1.29, 1.82) is 5.26 Å². The Labute approximate surface area is 272 Å². The quantitative estimate of drug-likeness (QED) is 0.235. The number of halogens is 3. The molecular weight excluding hydrogens is 603 g/mol. The Balaban J connectivity index is 1.30. The van der Waals surface area contributed by atoms with Crippen LogP contribution in [-0.2, 0) is 6.42 Å². The number of nitriles is 1. The second-order valence-electron chi connectivity index (χ2n) is 14.3. The molecular formula is C37H38F3N5O2. The maximum atomic E-state index is 17.0. The molecule has 0 spiro atoms. The van der Waals surface area contributed by atoms with Crippen molar-refractivity contribution in [1.82, 2.24) is 14.9 Å². The van der Waals surface area contributed by atoms with Gasteiger partial charge in [0.2, 0.25) is 0 Å². The number of hydrogen-bond acceptors (Lipinski definition) is 7. The minimum absolute atomic E-state index is 0.0283. The van der Waals surface area contributed by atoms with Crippen LogP contribution in [0.4, 0.5) is 19.0 Å². The van der Waals surface area contributed by atoms with E-state index in [0.717, 1.165) is 45.2 Å². The molecule has 47 heavy (non-hydrogen) atoms. The van der Waals surface area contributed by atoms with Crippen LogP contribution >= 0.6 is 0 Å². The van der Waals surface area contributed by atoms with E-state index in [0.29, 0.717) is 54.2 Å². The van der Waals surface area contributed by atoms with Crippen LogP contribution in [0.15, 0.2) is 30.3 Å². The van der Waals surface area contributed by atoms with E-state index in [2.05, 4.69) is 22.9 Å². The number of benzene rings is 3. The van der Waals surface area contributed by atoms with E-state index in [1.165, 1.54) is 30.3 Å². The number of anilines is 1. The zero-order chi connectivity index (χ0) is 32.6. The average molecular weight is 642 g/mol. The van der Waals surface area contributed by atoms with Gasteiger partial charge >= 0.3 is 6.01 Å². The molecule has 3 aromatic carbocycles. The van der Waals surface area contributed by atoms with Crippen molar-refractivity contribution in [2.45, 2.75) is 57.9 Å². The Morgan fingerprint density at radius 3 is 2.60 bits per heavy atom. The molecule has 4 aromatic rings. The largest absolute Gasteiger partial charge is 0.508 e. The number of ether oxygens (including phenoxy) is 1. The van der Waals surface area contributed by atoms with Gasteiger partial charge in [-0.2, -0.15) is 15.2 Å². The summed E-state index contributed by atoms with van der Waals surface area (Å²) in [6.45, 7) is 7.53. The monoisotopic (exact) mass is 641 g/mol. The molecule has 244 valence electrons.